The molecule has 278 valence electrons. The quantitative estimate of drug-likeness (QED) is 0.108. The van der Waals surface area contributed by atoms with Gasteiger partial charge in [0.25, 0.3) is 11.7 Å². The van der Waals surface area contributed by atoms with Crippen LogP contribution in [0.1, 0.15) is 107 Å². The summed E-state index contributed by atoms with van der Waals surface area (Å²) in [6.07, 6.45) is 8.31. The van der Waals surface area contributed by atoms with Crippen LogP contribution in [0.3, 0.4) is 0 Å². The van der Waals surface area contributed by atoms with E-state index in [1.807, 2.05) is 55.4 Å². The molecular formula is C36H62N6O6S. The van der Waals surface area contributed by atoms with Crippen LogP contribution in [0.2, 0.25) is 0 Å². The largest absolute Gasteiger partial charge is 0.363 e. The van der Waals surface area contributed by atoms with Gasteiger partial charge in [0.15, 0.2) is 0 Å². The second-order valence-electron chi connectivity index (χ2n) is 17.0. The van der Waals surface area contributed by atoms with Crippen LogP contribution >= 0.6 is 11.8 Å². The van der Waals surface area contributed by atoms with Gasteiger partial charge in [-0.25, -0.2) is 4.79 Å². The highest BCUT2D eigenvalue weighted by atomic mass is 32.2. The lowest BCUT2D eigenvalue weighted by molar-refractivity contribution is -0.143. The fourth-order valence-electron chi connectivity index (χ4n) is 6.74. The number of ketones is 1. The smallest absolute Gasteiger partial charge is 0.316 e. The fourth-order valence-corrected chi connectivity index (χ4v) is 7.78. The summed E-state index contributed by atoms with van der Waals surface area (Å²) in [4.78, 5) is 83.3. The fraction of sp³-hybridized carbons (Fsp3) is 0.833. The molecule has 12 nitrogen and oxygen atoms in total. The number of hydrogen-bond acceptors (Lipinski definition) is 7. The molecule has 2 aliphatic carbocycles. The predicted octanol–water partition coefficient (Wildman–Crippen LogP) is 3.67. The Morgan fingerprint density at radius 2 is 1.45 bits per heavy atom. The first-order chi connectivity index (χ1) is 22.7. The van der Waals surface area contributed by atoms with Gasteiger partial charge in [-0.3, -0.25) is 24.0 Å². The molecule has 0 aromatic rings. The zero-order valence-corrected chi connectivity index (χ0v) is 32.0. The number of amides is 6. The molecule has 6 amide bonds. The minimum absolute atomic E-state index is 0.0319. The van der Waals surface area contributed by atoms with E-state index >= 15 is 0 Å². The van der Waals surface area contributed by atoms with Crippen molar-refractivity contribution in [3.05, 3.63) is 0 Å². The molecule has 1 aliphatic heterocycles. The Hall–Kier alpha value is -2.83. The van der Waals surface area contributed by atoms with Gasteiger partial charge < -0.3 is 31.5 Å². The van der Waals surface area contributed by atoms with Gasteiger partial charge in [-0.05, 0) is 72.4 Å². The molecule has 1 heterocycles. The summed E-state index contributed by atoms with van der Waals surface area (Å²) >= 11 is 1.20. The Bertz CT molecular complexity index is 1220. The van der Waals surface area contributed by atoms with Crippen molar-refractivity contribution in [1.82, 2.24) is 25.8 Å². The SMILES string of the molecule is CC(C)[C@H]1CCN(C(=O)[C@@H](NC(=O)N[C@H](C(=O)N(C)CC2CC2)C(C)(C)C)C(C)(C)C)[C@@H]1C(=O)NC(SCCCC1CCC1)C(=O)C(N)=O. The molecule has 5 N–H and O–H groups in total. The molecule has 1 unspecified atom stereocenters. The lowest BCUT2D eigenvalue weighted by atomic mass is 9.82. The topological polar surface area (TPSA) is 171 Å². The van der Waals surface area contributed by atoms with Crippen LogP contribution in [0.15, 0.2) is 0 Å². The molecule has 49 heavy (non-hydrogen) atoms. The standard InChI is InChI=1S/C36H62N6O6S/c1-21(2)24-17-18-42(25(24)30(45)40-31(26(43)29(37)44)49-19-11-14-22-12-10-13-22)33(47)28(36(6,7)8)39-34(48)38-27(35(3,4)5)32(46)41(9)20-23-15-16-23/h21-25,27-28,31H,10-20H2,1-9H3,(H2,37,44)(H,40,45)(H2,38,39,48)/t24-,25+,27-,28-,31?/m1/s1. The third-order valence-electron chi connectivity index (χ3n) is 10.3. The Balaban J connectivity index is 1.78. The van der Waals surface area contributed by atoms with Crippen LogP contribution in [-0.4, -0.2) is 94.6 Å². The lowest BCUT2D eigenvalue weighted by Crippen LogP contribution is -2.63. The van der Waals surface area contributed by atoms with Gasteiger partial charge in [-0.1, -0.05) is 74.7 Å². The summed E-state index contributed by atoms with van der Waals surface area (Å²) in [6, 6.07) is -3.42. The zero-order valence-electron chi connectivity index (χ0n) is 31.2. The van der Waals surface area contributed by atoms with E-state index in [9.17, 15) is 28.8 Å². The van der Waals surface area contributed by atoms with E-state index in [1.54, 1.807) is 11.9 Å². The molecule has 2 saturated carbocycles. The second kappa shape index (κ2) is 16.9. The number of urea groups is 1. The first-order valence-electron chi connectivity index (χ1n) is 18.1. The Labute approximate surface area is 297 Å². The zero-order chi connectivity index (χ0) is 36.8. The molecule has 0 aromatic carbocycles. The van der Waals surface area contributed by atoms with Gasteiger partial charge in [-0.2, -0.15) is 0 Å². The molecule has 0 spiro atoms. The van der Waals surface area contributed by atoms with Crippen molar-refractivity contribution >= 4 is 47.2 Å². The number of thioether (sulfide) groups is 1. The number of Topliss-reactive ketones (excluding diaryl/α,β-unsaturated/α-hetero) is 1. The van der Waals surface area contributed by atoms with Crippen molar-refractivity contribution in [2.75, 3.05) is 25.9 Å². The minimum atomic E-state index is -1.15. The maximum Gasteiger partial charge on any atom is 0.316 e. The highest BCUT2D eigenvalue weighted by Crippen LogP contribution is 2.35. The third-order valence-corrected chi connectivity index (χ3v) is 11.4. The molecule has 0 bridgehead atoms. The van der Waals surface area contributed by atoms with E-state index in [-0.39, 0.29) is 24.3 Å². The molecule has 0 radical (unpaired) electrons. The summed E-state index contributed by atoms with van der Waals surface area (Å²) < 4.78 is 0. The van der Waals surface area contributed by atoms with Crippen LogP contribution in [-0.2, 0) is 24.0 Å². The first kappa shape index (κ1) is 40.6. The molecule has 3 fully saturated rings. The van der Waals surface area contributed by atoms with E-state index < -0.39 is 63.9 Å². The number of nitrogens with zero attached hydrogens (tertiary/aromatic N) is 2. The molecule has 3 aliphatic rings. The second-order valence-corrected chi connectivity index (χ2v) is 18.2. The average molecular weight is 707 g/mol. The summed E-state index contributed by atoms with van der Waals surface area (Å²) in [5.74, 6) is -1.55. The molecule has 0 aromatic heterocycles. The summed E-state index contributed by atoms with van der Waals surface area (Å²) in [6.45, 7) is 16.0. The number of nitrogens with two attached hydrogens (primary N) is 1. The third kappa shape index (κ3) is 11.3. The van der Waals surface area contributed by atoms with Crippen LogP contribution in [0.5, 0.6) is 0 Å². The van der Waals surface area contributed by atoms with Crippen molar-refractivity contribution < 1.29 is 28.8 Å². The Kier molecular flexibility index (Phi) is 14.0. The van der Waals surface area contributed by atoms with Gasteiger partial charge in [0.2, 0.25) is 17.7 Å². The molecular weight excluding hydrogens is 644 g/mol. The number of carbonyl (C=O) groups excluding carboxylic acids is 6. The molecule has 1 saturated heterocycles. The highest BCUT2D eigenvalue weighted by molar-refractivity contribution is 8.00. The Morgan fingerprint density at radius 3 is 1.94 bits per heavy atom. The van der Waals surface area contributed by atoms with Crippen molar-refractivity contribution in [3.63, 3.8) is 0 Å². The first-order valence-corrected chi connectivity index (χ1v) is 19.1. The Morgan fingerprint density at radius 1 is 0.857 bits per heavy atom. The van der Waals surface area contributed by atoms with Gasteiger partial charge in [0.1, 0.15) is 23.5 Å². The normalized spacial score (nSPS) is 21.7. The number of nitrogens with one attached hydrogen (secondary N) is 3. The number of likely N-dealkylation sites (N-methyl/N-ethyl adjacent to an activating group) is 1. The van der Waals surface area contributed by atoms with Crippen molar-refractivity contribution in [3.8, 4) is 0 Å². The van der Waals surface area contributed by atoms with Crippen molar-refractivity contribution in [2.24, 2.45) is 40.2 Å². The predicted molar refractivity (Wildman–Crippen MR) is 192 cm³/mol. The number of primary amides is 1. The number of likely N-dealkylation sites (tertiary alicyclic amines) is 1. The number of rotatable bonds is 16. The van der Waals surface area contributed by atoms with Crippen molar-refractivity contribution in [2.45, 2.75) is 130 Å². The van der Waals surface area contributed by atoms with Crippen LogP contribution in [0.25, 0.3) is 0 Å². The van der Waals surface area contributed by atoms with Gasteiger partial charge in [0, 0.05) is 20.1 Å². The van der Waals surface area contributed by atoms with E-state index in [1.165, 1.54) is 35.9 Å². The van der Waals surface area contributed by atoms with Gasteiger partial charge in [-0.15, -0.1) is 11.8 Å². The van der Waals surface area contributed by atoms with E-state index in [2.05, 4.69) is 16.0 Å². The number of hydrogen-bond donors (Lipinski definition) is 4. The maximum atomic E-state index is 14.4. The monoisotopic (exact) mass is 706 g/mol. The molecule has 5 atom stereocenters. The van der Waals surface area contributed by atoms with Crippen LogP contribution in [0.4, 0.5) is 4.79 Å². The van der Waals surface area contributed by atoms with Crippen molar-refractivity contribution in [1.29, 1.82) is 0 Å². The van der Waals surface area contributed by atoms with E-state index in [0.717, 1.165) is 25.7 Å². The molecule has 3 rings (SSSR count). The minimum Gasteiger partial charge on any atom is -0.363 e. The number of carbonyl (C=O) groups is 6. The summed E-state index contributed by atoms with van der Waals surface area (Å²) in [5.41, 5.74) is 4.02. The summed E-state index contributed by atoms with van der Waals surface area (Å²) in [7, 11) is 1.75. The molecule has 13 heteroatoms. The van der Waals surface area contributed by atoms with Crippen LogP contribution < -0.4 is 21.7 Å². The van der Waals surface area contributed by atoms with Gasteiger partial charge in [0.05, 0.1) is 0 Å². The van der Waals surface area contributed by atoms with Crippen LogP contribution in [0, 0.1) is 34.5 Å². The average Bonchev–Trinajstić information content (AvgIpc) is 3.67. The maximum absolute atomic E-state index is 14.4. The van der Waals surface area contributed by atoms with E-state index in [4.69, 9.17) is 5.73 Å². The van der Waals surface area contributed by atoms with E-state index in [0.29, 0.717) is 30.6 Å². The summed E-state index contributed by atoms with van der Waals surface area (Å²) in [5, 5.41) is 7.32. The highest BCUT2D eigenvalue weighted by Gasteiger charge is 2.48. The lowest BCUT2D eigenvalue weighted by Gasteiger charge is -2.38. The van der Waals surface area contributed by atoms with Gasteiger partial charge >= 0.3 is 6.03 Å².